The smallest absolute Gasteiger partial charge is 0.312 e. The van der Waals surface area contributed by atoms with Crippen molar-refractivity contribution in [1.29, 1.82) is 0 Å². The lowest BCUT2D eigenvalue weighted by Gasteiger charge is -2.24. The van der Waals surface area contributed by atoms with Gasteiger partial charge in [0.25, 0.3) is 0 Å². The standard InChI is InChI=1S/C24H18O8/c1-28-17-6-5-12(8-18(17)29-2)14-11-31-24-21-13(16-4-3-7-30-16)9-20(26)32-19(21)10-15(25)22(24)23(14)27/h3-8,10-11,13,25H,9H2,1-2H3. The van der Waals surface area contributed by atoms with Gasteiger partial charge in [-0.15, -0.1) is 0 Å². The number of phenols is 1. The van der Waals surface area contributed by atoms with E-state index >= 15 is 0 Å². The van der Waals surface area contributed by atoms with Gasteiger partial charge in [-0.3, -0.25) is 9.59 Å². The molecule has 2 aromatic heterocycles. The average molecular weight is 434 g/mol. The number of phenolic OH excluding ortho intramolecular Hbond substituents is 1. The van der Waals surface area contributed by atoms with Gasteiger partial charge < -0.3 is 28.2 Å². The zero-order valence-electron chi connectivity index (χ0n) is 17.2. The maximum atomic E-state index is 13.4. The van der Waals surface area contributed by atoms with Crippen LogP contribution in [0.25, 0.3) is 22.1 Å². The summed E-state index contributed by atoms with van der Waals surface area (Å²) in [6.07, 6.45) is 2.84. The van der Waals surface area contributed by atoms with Crippen LogP contribution >= 0.6 is 0 Å². The maximum absolute atomic E-state index is 13.4. The Morgan fingerprint density at radius 2 is 1.84 bits per heavy atom. The molecule has 0 aliphatic carbocycles. The van der Waals surface area contributed by atoms with E-state index in [1.54, 1.807) is 30.3 Å². The molecule has 5 rings (SSSR count). The molecule has 2 aromatic carbocycles. The summed E-state index contributed by atoms with van der Waals surface area (Å²) in [5, 5.41) is 10.6. The van der Waals surface area contributed by atoms with Gasteiger partial charge in [-0.05, 0) is 29.8 Å². The number of hydrogen-bond donors (Lipinski definition) is 1. The fraction of sp³-hybridized carbons (Fsp3) is 0.167. The molecule has 4 aromatic rings. The lowest BCUT2D eigenvalue weighted by atomic mass is 9.88. The van der Waals surface area contributed by atoms with Crippen molar-refractivity contribution in [2.75, 3.05) is 14.2 Å². The minimum absolute atomic E-state index is 0.00876. The lowest BCUT2D eigenvalue weighted by Crippen LogP contribution is -2.21. The van der Waals surface area contributed by atoms with Crippen LogP contribution in [-0.4, -0.2) is 25.3 Å². The van der Waals surface area contributed by atoms with E-state index in [1.165, 1.54) is 32.8 Å². The Morgan fingerprint density at radius 1 is 1.03 bits per heavy atom. The number of fused-ring (bicyclic) bond motifs is 3. The van der Waals surface area contributed by atoms with Gasteiger partial charge in [0.05, 0.1) is 38.4 Å². The third-order valence-corrected chi connectivity index (χ3v) is 5.55. The van der Waals surface area contributed by atoms with Gasteiger partial charge in [-0.1, -0.05) is 6.07 Å². The molecule has 0 saturated carbocycles. The molecule has 0 bridgehead atoms. The molecule has 1 N–H and O–H groups in total. The molecule has 0 spiro atoms. The molecule has 1 aliphatic heterocycles. The van der Waals surface area contributed by atoms with E-state index in [9.17, 15) is 14.7 Å². The fourth-order valence-electron chi connectivity index (χ4n) is 4.07. The molecule has 8 nitrogen and oxygen atoms in total. The minimum Gasteiger partial charge on any atom is -0.507 e. The van der Waals surface area contributed by atoms with Crippen molar-refractivity contribution in [2.24, 2.45) is 0 Å². The summed E-state index contributed by atoms with van der Waals surface area (Å²) in [6.45, 7) is 0. The number of aromatic hydroxyl groups is 1. The van der Waals surface area contributed by atoms with Crippen molar-refractivity contribution < 1.29 is 32.9 Å². The van der Waals surface area contributed by atoms with Crippen LogP contribution in [0.1, 0.15) is 23.7 Å². The van der Waals surface area contributed by atoms with Gasteiger partial charge in [-0.25, -0.2) is 0 Å². The van der Waals surface area contributed by atoms with Gasteiger partial charge in [0.1, 0.15) is 34.5 Å². The Labute approximate surface area is 181 Å². The summed E-state index contributed by atoms with van der Waals surface area (Å²) in [4.78, 5) is 25.6. The lowest BCUT2D eigenvalue weighted by molar-refractivity contribution is -0.135. The molecule has 1 aliphatic rings. The molecule has 0 fully saturated rings. The first-order valence-corrected chi connectivity index (χ1v) is 9.79. The number of furan rings is 1. The predicted octanol–water partition coefficient (Wildman–Crippen LogP) is 4.22. The Bertz CT molecular complexity index is 1400. The summed E-state index contributed by atoms with van der Waals surface area (Å²) in [5.41, 5.74) is 0.945. The van der Waals surface area contributed by atoms with E-state index in [-0.39, 0.29) is 34.5 Å². The van der Waals surface area contributed by atoms with Crippen LogP contribution in [0.4, 0.5) is 0 Å². The van der Waals surface area contributed by atoms with E-state index < -0.39 is 17.3 Å². The average Bonchev–Trinajstić information content (AvgIpc) is 3.32. The highest BCUT2D eigenvalue weighted by Crippen LogP contribution is 2.45. The van der Waals surface area contributed by atoms with Crippen LogP contribution in [-0.2, 0) is 4.79 Å². The van der Waals surface area contributed by atoms with Crippen LogP contribution in [0.3, 0.4) is 0 Å². The van der Waals surface area contributed by atoms with Gasteiger partial charge in [-0.2, -0.15) is 0 Å². The first-order chi connectivity index (χ1) is 15.5. The van der Waals surface area contributed by atoms with E-state index in [0.29, 0.717) is 28.4 Å². The highest BCUT2D eigenvalue weighted by molar-refractivity contribution is 5.94. The summed E-state index contributed by atoms with van der Waals surface area (Å²) >= 11 is 0. The van der Waals surface area contributed by atoms with E-state index in [1.807, 2.05) is 0 Å². The minimum atomic E-state index is -0.514. The predicted molar refractivity (Wildman–Crippen MR) is 113 cm³/mol. The molecule has 162 valence electrons. The van der Waals surface area contributed by atoms with Crippen LogP contribution in [0.15, 0.2) is 62.6 Å². The molecule has 32 heavy (non-hydrogen) atoms. The van der Waals surface area contributed by atoms with Crippen molar-refractivity contribution in [2.45, 2.75) is 12.3 Å². The topological polar surface area (TPSA) is 108 Å². The molecule has 0 saturated heterocycles. The maximum Gasteiger partial charge on any atom is 0.312 e. The van der Waals surface area contributed by atoms with Crippen molar-refractivity contribution in [3.63, 3.8) is 0 Å². The molecule has 0 amide bonds. The number of hydrogen-bond acceptors (Lipinski definition) is 8. The van der Waals surface area contributed by atoms with Crippen LogP contribution in [0.2, 0.25) is 0 Å². The van der Waals surface area contributed by atoms with Crippen molar-refractivity contribution >= 4 is 16.9 Å². The Kier molecular flexibility index (Phi) is 4.62. The van der Waals surface area contributed by atoms with E-state index in [0.717, 1.165) is 0 Å². The second-order valence-electron chi connectivity index (χ2n) is 7.31. The van der Waals surface area contributed by atoms with Crippen molar-refractivity contribution in [3.8, 4) is 34.1 Å². The zero-order chi connectivity index (χ0) is 22.4. The number of rotatable bonds is 4. The van der Waals surface area contributed by atoms with Crippen LogP contribution < -0.4 is 19.6 Å². The third-order valence-electron chi connectivity index (χ3n) is 5.55. The quantitative estimate of drug-likeness (QED) is 0.376. The number of carbonyl (C=O) groups is 1. The van der Waals surface area contributed by atoms with Crippen molar-refractivity contribution in [3.05, 3.63) is 70.5 Å². The normalized spacial score (nSPS) is 15.3. The monoisotopic (exact) mass is 434 g/mol. The number of carbonyl (C=O) groups excluding carboxylic acids is 1. The zero-order valence-corrected chi connectivity index (χ0v) is 17.2. The van der Waals surface area contributed by atoms with Crippen LogP contribution in [0.5, 0.6) is 23.0 Å². The molecular formula is C24H18O8. The van der Waals surface area contributed by atoms with E-state index in [2.05, 4.69) is 0 Å². The van der Waals surface area contributed by atoms with Gasteiger partial charge in [0.15, 0.2) is 11.5 Å². The highest BCUT2D eigenvalue weighted by atomic mass is 16.5. The first kappa shape index (κ1) is 19.7. The highest BCUT2D eigenvalue weighted by Gasteiger charge is 2.35. The fourth-order valence-corrected chi connectivity index (χ4v) is 4.07. The third kappa shape index (κ3) is 2.99. The Morgan fingerprint density at radius 3 is 2.56 bits per heavy atom. The van der Waals surface area contributed by atoms with Crippen molar-refractivity contribution in [1.82, 2.24) is 0 Å². The second-order valence-corrected chi connectivity index (χ2v) is 7.31. The van der Waals surface area contributed by atoms with E-state index in [4.69, 9.17) is 23.0 Å². The number of benzene rings is 2. The summed E-state index contributed by atoms with van der Waals surface area (Å²) in [6, 6.07) is 9.74. The van der Waals surface area contributed by atoms with Crippen LogP contribution in [0, 0.1) is 0 Å². The Hall–Kier alpha value is -4.20. The summed E-state index contributed by atoms with van der Waals surface area (Å²) in [5.74, 6) is 0.297. The van der Waals surface area contributed by atoms with Gasteiger partial charge >= 0.3 is 5.97 Å². The molecule has 3 heterocycles. The SMILES string of the molecule is COc1ccc(-c2coc3c4c(cc(O)c3c2=O)OC(=O)CC4c2ccco2)cc1OC. The number of ether oxygens (including phenoxy) is 3. The first-order valence-electron chi connectivity index (χ1n) is 9.79. The van der Waals surface area contributed by atoms with Gasteiger partial charge in [0, 0.05) is 11.6 Å². The molecule has 8 heteroatoms. The largest absolute Gasteiger partial charge is 0.507 e. The summed E-state index contributed by atoms with van der Waals surface area (Å²) < 4.78 is 27.3. The Balaban J connectivity index is 1.75. The van der Waals surface area contributed by atoms with Gasteiger partial charge in [0.2, 0.25) is 5.43 Å². The molecule has 1 atom stereocenters. The molecule has 1 unspecified atom stereocenters. The molecule has 0 radical (unpaired) electrons. The number of methoxy groups -OCH3 is 2. The number of esters is 1. The second kappa shape index (κ2) is 7.49. The summed E-state index contributed by atoms with van der Waals surface area (Å²) in [7, 11) is 3.02. The molecular weight excluding hydrogens is 416 g/mol.